The second-order valence-corrected chi connectivity index (χ2v) is 7.39. The van der Waals surface area contributed by atoms with Gasteiger partial charge in [-0.25, -0.2) is 9.59 Å². The highest BCUT2D eigenvalue weighted by molar-refractivity contribution is 9.10. The molecule has 0 unspecified atom stereocenters. The molecular weight excluding hydrogens is 444 g/mol. The SMILES string of the molecule is COC(=O)c1sc(NC(=S)NCCn2cc(Br)cn2)c(C(=O)OC)c1C. The Morgan fingerprint density at radius 3 is 2.62 bits per heavy atom. The molecule has 0 saturated carbocycles. The molecule has 26 heavy (non-hydrogen) atoms. The standard InChI is InChI=1S/C15H17BrN4O4S2/c1-8-10(13(21)23-2)12(26-11(8)14(22)24-3)19-15(25)17-4-5-20-7-9(16)6-18-20/h6-7H,4-5H2,1-3H3,(H2,17,19,25). The Morgan fingerprint density at radius 2 is 2.04 bits per heavy atom. The first kappa shape index (κ1) is 20.3. The maximum Gasteiger partial charge on any atom is 0.348 e. The quantitative estimate of drug-likeness (QED) is 0.501. The highest BCUT2D eigenvalue weighted by Crippen LogP contribution is 2.34. The number of rotatable bonds is 6. The number of hydrogen-bond acceptors (Lipinski definition) is 7. The summed E-state index contributed by atoms with van der Waals surface area (Å²) in [6, 6.07) is 0. The molecule has 0 aromatic carbocycles. The molecular formula is C15H17BrN4O4S2. The van der Waals surface area contributed by atoms with E-state index in [1.54, 1.807) is 17.8 Å². The number of anilines is 1. The fraction of sp³-hybridized carbons (Fsp3) is 0.333. The van der Waals surface area contributed by atoms with Gasteiger partial charge in [0, 0.05) is 12.7 Å². The van der Waals surface area contributed by atoms with Gasteiger partial charge in [0.15, 0.2) is 5.11 Å². The van der Waals surface area contributed by atoms with E-state index >= 15 is 0 Å². The average molecular weight is 461 g/mol. The monoisotopic (exact) mass is 460 g/mol. The number of hydrogen-bond donors (Lipinski definition) is 2. The zero-order valence-corrected chi connectivity index (χ0v) is 17.5. The van der Waals surface area contributed by atoms with E-state index in [0.717, 1.165) is 15.8 Å². The van der Waals surface area contributed by atoms with Gasteiger partial charge in [0.05, 0.1) is 37.0 Å². The lowest BCUT2D eigenvalue weighted by Crippen LogP contribution is -2.31. The van der Waals surface area contributed by atoms with E-state index in [0.29, 0.717) is 33.6 Å². The number of thiocarbonyl (C=S) groups is 1. The highest BCUT2D eigenvalue weighted by atomic mass is 79.9. The molecule has 2 aromatic rings. The van der Waals surface area contributed by atoms with Crippen molar-refractivity contribution in [2.45, 2.75) is 13.5 Å². The summed E-state index contributed by atoms with van der Waals surface area (Å²) in [6.07, 6.45) is 3.54. The molecule has 0 aliphatic carbocycles. The second-order valence-electron chi connectivity index (χ2n) is 5.05. The van der Waals surface area contributed by atoms with Crippen LogP contribution in [0.1, 0.15) is 25.6 Å². The molecule has 0 atom stereocenters. The van der Waals surface area contributed by atoms with Gasteiger partial charge in [-0.2, -0.15) is 5.10 Å². The van der Waals surface area contributed by atoms with Crippen LogP contribution in [0.4, 0.5) is 5.00 Å². The number of carbonyl (C=O) groups is 2. The molecule has 2 heterocycles. The van der Waals surface area contributed by atoms with Crippen LogP contribution in [-0.4, -0.2) is 47.6 Å². The first-order valence-corrected chi connectivity index (χ1v) is 9.42. The van der Waals surface area contributed by atoms with Crippen molar-refractivity contribution in [3.05, 3.63) is 32.9 Å². The van der Waals surface area contributed by atoms with Crippen molar-refractivity contribution in [1.82, 2.24) is 15.1 Å². The lowest BCUT2D eigenvalue weighted by molar-refractivity contribution is 0.0601. The van der Waals surface area contributed by atoms with Crippen LogP contribution < -0.4 is 10.6 Å². The van der Waals surface area contributed by atoms with Crippen molar-refractivity contribution in [3.8, 4) is 0 Å². The summed E-state index contributed by atoms with van der Waals surface area (Å²) in [5.74, 6) is -1.07. The Hall–Kier alpha value is -1.98. The summed E-state index contributed by atoms with van der Waals surface area (Å²) in [5.41, 5.74) is 0.749. The van der Waals surface area contributed by atoms with Crippen LogP contribution in [0, 0.1) is 6.92 Å². The lowest BCUT2D eigenvalue weighted by Gasteiger charge is -2.10. The van der Waals surface area contributed by atoms with Crippen LogP contribution in [0.2, 0.25) is 0 Å². The van der Waals surface area contributed by atoms with Crippen molar-refractivity contribution in [3.63, 3.8) is 0 Å². The Kier molecular flexibility index (Phi) is 7.12. The topological polar surface area (TPSA) is 94.5 Å². The van der Waals surface area contributed by atoms with Gasteiger partial charge in [-0.05, 0) is 40.6 Å². The van der Waals surface area contributed by atoms with Gasteiger partial charge in [-0.3, -0.25) is 4.68 Å². The average Bonchev–Trinajstić information content (AvgIpc) is 3.16. The molecule has 11 heteroatoms. The van der Waals surface area contributed by atoms with E-state index in [2.05, 4.69) is 31.7 Å². The van der Waals surface area contributed by atoms with Crippen molar-refractivity contribution in [1.29, 1.82) is 0 Å². The minimum absolute atomic E-state index is 0.262. The Morgan fingerprint density at radius 1 is 1.35 bits per heavy atom. The number of carbonyl (C=O) groups excluding carboxylic acids is 2. The third-order valence-corrected chi connectivity index (χ3v) is 5.21. The zero-order valence-electron chi connectivity index (χ0n) is 14.3. The van der Waals surface area contributed by atoms with Gasteiger partial charge in [0.25, 0.3) is 0 Å². The fourth-order valence-corrected chi connectivity index (χ4v) is 3.84. The van der Waals surface area contributed by atoms with Crippen molar-refractivity contribution < 1.29 is 19.1 Å². The van der Waals surface area contributed by atoms with E-state index in [1.807, 2.05) is 6.20 Å². The molecule has 0 aliphatic heterocycles. The molecule has 2 aromatic heterocycles. The third kappa shape index (κ3) is 4.80. The number of aromatic nitrogens is 2. The number of thiophene rings is 1. The maximum absolute atomic E-state index is 12.1. The number of nitrogens with zero attached hydrogens (tertiary/aromatic N) is 2. The van der Waals surface area contributed by atoms with E-state index in [4.69, 9.17) is 21.7 Å². The molecule has 0 saturated heterocycles. The normalized spacial score (nSPS) is 10.3. The van der Waals surface area contributed by atoms with Gasteiger partial charge in [-0.15, -0.1) is 11.3 Å². The maximum atomic E-state index is 12.1. The van der Waals surface area contributed by atoms with Crippen LogP contribution in [-0.2, 0) is 16.0 Å². The molecule has 0 amide bonds. The highest BCUT2D eigenvalue weighted by Gasteiger charge is 2.26. The minimum atomic E-state index is -0.555. The molecule has 0 radical (unpaired) electrons. The number of halogens is 1. The smallest absolute Gasteiger partial charge is 0.348 e. The summed E-state index contributed by atoms with van der Waals surface area (Å²) in [4.78, 5) is 24.3. The van der Waals surface area contributed by atoms with Gasteiger partial charge in [0.2, 0.25) is 0 Å². The minimum Gasteiger partial charge on any atom is -0.465 e. The first-order chi connectivity index (χ1) is 12.4. The molecule has 140 valence electrons. The number of esters is 2. The van der Waals surface area contributed by atoms with Crippen LogP contribution in [0.3, 0.4) is 0 Å². The molecule has 2 rings (SSSR count). The predicted molar refractivity (Wildman–Crippen MR) is 106 cm³/mol. The van der Waals surface area contributed by atoms with Crippen LogP contribution in [0.5, 0.6) is 0 Å². The summed E-state index contributed by atoms with van der Waals surface area (Å²) < 4.78 is 12.2. The van der Waals surface area contributed by atoms with Gasteiger partial charge in [0.1, 0.15) is 9.88 Å². The van der Waals surface area contributed by atoms with Crippen LogP contribution in [0.15, 0.2) is 16.9 Å². The number of nitrogens with one attached hydrogen (secondary N) is 2. The zero-order chi connectivity index (χ0) is 19.3. The second kappa shape index (κ2) is 9.10. The Labute approximate surface area is 168 Å². The van der Waals surface area contributed by atoms with Crippen molar-refractivity contribution >= 4 is 61.5 Å². The molecule has 2 N–H and O–H groups in total. The van der Waals surface area contributed by atoms with E-state index in [1.165, 1.54) is 14.2 Å². The van der Waals surface area contributed by atoms with Crippen LogP contribution >= 0.6 is 39.5 Å². The lowest BCUT2D eigenvalue weighted by atomic mass is 10.1. The number of methoxy groups -OCH3 is 2. The van der Waals surface area contributed by atoms with E-state index in [9.17, 15) is 9.59 Å². The summed E-state index contributed by atoms with van der Waals surface area (Å²) in [6.45, 7) is 2.79. The predicted octanol–water partition coefficient (Wildman–Crippen LogP) is 2.58. The largest absolute Gasteiger partial charge is 0.465 e. The first-order valence-electron chi connectivity index (χ1n) is 7.40. The summed E-state index contributed by atoms with van der Waals surface area (Å²) in [7, 11) is 2.56. The van der Waals surface area contributed by atoms with Crippen LogP contribution in [0.25, 0.3) is 0 Å². The van der Waals surface area contributed by atoms with E-state index in [-0.39, 0.29) is 5.56 Å². The Balaban J connectivity index is 2.07. The third-order valence-electron chi connectivity index (χ3n) is 3.36. The molecule has 8 nitrogen and oxygen atoms in total. The van der Waals surface area contributed by atoms with Gasteiger partial charge >= 0.3 is 11.9 Å². The van der Waals surface area contributed by atoms with Gasteiger partial charge < -0.3 is 20.1 Å². The van der Waals surface area contributed by atoms with Crippen molar-refractivity contribution in [2.75, 3.05) is 26.1 Å². The summed E-state index contributed by atoms with van der Waals surface area (Å²) in [5, 5.41) is 10.9. The molecule has 0 spiro atoms. The van der Waals surface area contributed by atoms with Gasteiger partial charge in [-0.1, -0.05) is 0 Å². The Bertz CT molecular complexity index is 834. The number of ether oxygens (including phenoxy) is 2. The molecule has 0 bridgehead atoms. The molecule has 0 fully saturated rings. The fourth-order valence-electron chi connectivity index (χ4n) is 2.13. The molecule has 0 aliphatic rings. The van der Waals surface area contributed by atoms with E-state index < -0.39 is 11.9 Å². The summed E-state index contributed by atoms with van der Waals surface area (Å²) >= 11 is 9.68. The van der Waals surface area contributed by atoms with Crippen molar-refractivity contribution in [2.24, 2.45) is 0 Å².